The molecule has 124 valence electrons. The normalized spacial score (nSPS) is 20.7. The van der Waals surface area contributed by atoms with Gasteiger partial charge in [-0.1, -0.05) is 6.07 Å². The predicted octanol–water partition coefficient (Wildman–Crippen LogP) is 2.05. The molecule has 0 aliphatic carbocycles. The molecule has 3 heterocycles. The van der Waals surface area contributed by atoms with Crippen molar-refractivity contribution in [3.8, 4) is 6.07 Å². The van der Waals surface area contributed by atoms with Crippen molar-refractivity contribution in [1.29, 1.82) is 5.26 Å². The van der Waals surface area contributed by atoms with Crippen LogP contribution in [0.4, 0.5) is 0 Å². The summed E-state index contributed by atoms with van der Waals surface area (Å²) >= 11 is 0. The van der Waals surface area contributed by atoms with E-state index in [2.05, 4.69) is 28.0 Å². The van der Waals surface area contributed by atoms with E-state index in [1.165, 1.54) is 5.56 Å². The van der Waals surface area contributed by atoms with Crippen LogP contribution in [0, 0.1) is 17.2 Å². The first-order valence-electron chi connectivity index (χ1n) is 8.04. The third kappa shape index (κ3) is 3.17. The Bertz CT molecular complexity index is 748. The topological polar surface area (TPSA) is 76.0 Å². The maximum Gasteiger partial charge on any atom is 0.255 e. The number of likely N-dealkylation sites (tertiary alicyclic amines) is 1. The van der Waals surface area contributed by atoms with Crippen molar-refractivity contribution in [3.05, 3.63) is 53.6 Å². The number of hydrogen-bond donors (Lipinski definition) is 1. The quantitative estimate of drug-likeness (QED) is 0.934. The van der Waals surface area contributed by atoms with Gasteiger partial charge in [-0.15, -0.1) is 0 Å². The predicted molar refractivity (Wildman–Crippen MR) is 90.2 cm³/mol. The van der Waals surface area contributed by atoms with E-state index in [1.807, 2.05) is 25.4 Å². The third-order valence-electron chi connectivity index (χ3n) is 4.71. The second kappa shape index (κ2) is 6.85. The van der Waals surface area contributed by atoms with Crippen LogP contribution in [0.5, 0.6) is 0 Å². The summed E-state index contributed by atoms with van der Waals surface area (Å²) in [4.78, 5) is 23.7. The highest BCUT2D eigenvalue weighted by atomic mass is 16.2. The number of carbonyl (C=O) groups is 1. The number of hydrogen-bond acceptors (Lipinski definition) is 4. The van der Waals surface area contributed by atoms with Gasteiger partial charge in [-0.3, -0.25) is 14.7 Å². The van der Waals surface area contributed by atoms with Gasteiger partial charge in [-0.05, 0) is 43.6 Å². The van der Waals surface area contributed by atoms with E-state index < -0.39 is 0 Å². The number of nitrogens with zero attached hydrogens (tertiary/aromatic N) is 4. The van der Waals surface area contributed by atoms with Gasteiger partial charge in [0.2, 0.25) is 0 Å². The number of pyridine rings is 1. The minimum atomic E-state index is -0.0627. The SMILES string of the molecule is CN(C[C@@H]1CCN(C)[C@H]1c1cccnc1)C(=O)c1c[nH]c(C#N)c1. The lowest BCUT2D eigenvalue weighted by Crippen LogP contribution is -2.34. The Morgan fingerprint density at radius 1 is 1.58 bits per heavy atom. The minimum absolute atomic E-state index is 0.0627. The first-order chi connectivity index (χ1) is 11.6. The van der Waals surface area contributed by atoms with Crippen molar-refractivity contribution in [3.63, 3.8) is 0 Å². The molecule has 0 radical (unpaired) electrons. The van der Waals surface area contributed by atoms with Gasteiger partial charge in [-0.25, -0.2) is 0 Å². The average Bonchev–Trinajstić information content (AvgIpc) is 3.22. The number of rotatable bonds is 4. The van der Waals surface area contributed by atoms with Gasteiger partial charge in [0.05, 0.1) is 5.56 Å². The van der Waals surface area contributed by atoms with Crippen LogP contribution in [0.3, 0.4) is 0 Å². The van der Waals surface area contributed by atoms with E-state index in [0.29, 0.717) is 23.7 Å². The van der Waals surface area contributed by atoms with Gasteiger partial charge < -0.3 is 9.88 Å². The van der Waals surface area contributed by atoms with Crippen molar-refractivity contribution in [2.45, 2.75) is 12.5 Å². The van der Waals surface area contributed by atoms with Gasteiger partial charge in [0.1, 0.15) is 11.8 Å². The van der Waals surface area contributed by atoms with Crippen LogP contribution in [0.1, 0.15) is 34.1 Å². The maximum absolute atomic E-state index is 12.6. The fourth-order valence-electron chi connectivity index (χ4n) is 3.53. The summed E-state index contributed by atoms with van der Waals surface area (Å²) in [5, 5.41) is 8.87. The van der Waals surface area contributed by atoms with Crippen molar-refractivity contribution in [2.24, 2.45) is 5.92 Å². The number of carbonyl (C=O) groups excluding carboxylic acids is 1. The summed E-state index contributed by atoms with van der Waals surface area (Å²) in [6.45, 7) is 1.69. The molecule has 1 fully saturated rings. The molecule has 1 aliphatic rings. The molecule has 1 amide bonds. The molecular weight excluding hydrogens is 302 g/mol. The number of nitriles is 1. The number of H-pyrrole nitrogens is 1. The second-order valence-electron chi connectivity index (χ2n) is 6.36. The molecule has 0 saturated carbocycles. The number of aromatic amines is 1. The van der Waals surface area contributed by atoms with Crippen LogP contribution in [0.25, 0.3) is 0 Å². The van der Waals surface area contributed by atoms with Crippen LogP contribution in [-0.2, 0) is 0 Å². The van der Waals surface area contributed by atoms with Gasteiger partial charge in [0.15, 0.2) is 0 Å². The molecule has 3 rings (SSSR count). The Morgan fingerprint density at radius 3 is 3.08 bits per heavy atom. The largest absolute Gasteiger partial charge is 0.352 e. The fourth-order valence-corrected chi connectivity index (χ4v) is 3.53. The van der Waals surface area contributed by atoms with Gasteiger partial charge >= 0.3 is 0 Å². The Kier molecular flexibility index (Phi) is 4.63. The Morgan fingerprint density at radius 2 is 2.42 bits per heavy atom. The highest BCUT2D eigenvalue weighted by Gasteiger charge is 2.34. The van der Waals surface area contributed by atoms with Crippen LogP contribution >= 0.6 is 0 Å². The molecule has 0 bridgehead atoms. The lowest BCUT2D eigenvalue weighted by atomic mass is 9.94. The smallest absolute Gasteiger partial charge is 0.255 e. The molecule has 1 saturated heterocycles. The first kappa shape index (κ1) is 16.2. The third-order valence-corrected chi connectivity index (χ3v) is 4.71. The molecule has 0 spiro atoms. The number of aromatic nitrogens is 2. The minimum Gasteiger partial charge on any atom is -0.352 e. The zero-order valence-electron chi connectivity index (χ0n) is 13.9. The Hall–Kier alpha value is -2.65. The van der Waals surface area contributed by atoms with E-state index in [1.54, 1.807) is 23.4 Å². The van der Waals surface area contributed by atoms with E-state index >= 15 is 0 Å². The molecule has 2 atom stereocenters. The zero-order valence-corrected chi connectivity index (χ0v) is 13.9. The molecule has 1 aliphatic heterocycles. The summed E-state index contributed by atoms with van der Waals surface area (Å²) in [6.07, 6.45) is 6.33. The highest BCUT2D eigenvalue weighted by molar-refractivity contribution is 5.94. The van der Waals surface area contributed by atoms with E-state index in [9.17, 15) is 4.79 Å². The zero-order chi connectivity index (χ0) is 17.1. The molecular formula is C18H21N5O. The van der Waals surface area contributed by atoms with Crippen molar-refractivity contribution in [1.82, 2.24) is 19.8 Å². The van der Waals surface area contributed by atoms with Crippen molar-refractivity contribution < 1.29 is 4.79 Å². The first-order valence-corrected chi connectivity index (χ1v) is 8.04. The molecule has 0 unspecified atom stereocenters. The number of amides is 1. The monoisotopic (exact) mass is 323 g/mol. The van der Waals surface area contributed by atoms with Crippen molar-refractivity contribution >= 4 is 5.91 Å². The highest BCUT2D eigenvalue weighted by Crippen LogP contribution is 2.36. The lowest BCUT2D eigenvalue weighted by molar-refractivity contribution is 0.0761. The summed E-state index contributed by atoms with van der Waals surface area (Å²) in [6, 6.07) is 7.93. The summed E-state index contributed by atoms with van der Waals surface area (Å²) < 4.78 is 0. The molecule has 0 aromatic carbocycles. The van der Waals surface area contributed by atoms with Crippen LogP contribution in [0.2, 0.25) is 0 Å². The molecule has 6 nitrogen and oxygen atoms in total. The molecule has 2 aromatic heterocycles. The lowest BCUT2D eigenvalue weighted by Gasteiger charge is -2.28. The van der Waals surface area contributed by atoms with E-state index in [0.717, 1.165) is 13.0 Å². The Labute approximate surface area is 141 Å². The van der Waals surface area contributed by atoms with Gasteiger partial charge in [0, 0.05) is 38.2 Å². The average molecular weight is 323 g/mol. The summed E-state index contributed by atoms with van der Waals surface area (Å²) in [5.41, 5.74) is 2.12. The second-order valence-corrected chi connectivity index (χ2v) is 6.36. The van der Waals surface area contributed by atoms with Crippen LogP contribution < -0.4 is 0 Å². The standard InChI is InChI=1S/C18H21N5O/c1-22-7-5-14(17(22)13-4-3-6-20-10-13)12-23(2)18(24)15-8-16(9-19)21-11-15/h3-4,6,8,10-11,14,17,21H,5,7,12H2,1-2H3/t14-,17-/m0/s1. The van der Waals surface area contributed by atoms with Gasteiger partial charge in [-0.2, -0.15) is 5.26 Å². The molecule has 2 aromatic rings. The summed E-state index contributed by atoms with van der Waals surface area (Å²) in [7, 11) is 3.94. The van der Waals surface area contributed by atoms with Gasteiger partial charge in [0.25, 0.3) is 5.91 Å². The van der Waals surface area contributed by atoms with Crippen LogP contribution in [0.15, 0.2) is 36.8 Å². The van der Waals surface area contributed by atoms with Crippen LogP contribution in [-0.4, -0.2) is 52.9 Å². The van der Waals surface area contributed by atoms with E-state index in [-0.39, 0.29) is 11.9 Å². The number of nitrogens with one attached hydrogen (secondary N) is 1. The maximum atomic E-state index is 12.6. The fraction of sp³-hybridized carbons (Fsp3) is 0.389. The molecule has 1 N–H and O–H groups in total. The summed E-state index contributed by atoms with van der Waals surface area (Å²) in [5.74, 6) is 0.301. The molecule has 6 heteroatoms. The Balaban J connectivity index is 1.72. The van der Waals surface area contributed by atoms with E-state index in [4.69, 9.17) is 5.26 Å². The molecule has 24 heavy (non-hydrogen) atoms. The van der Waals surface area contributed by atoms with Crippen molar-refractivity contribution in [2.75, 3.05) is 27.2 Å².